The number of nitrogens with one attached hydrogen (secondary N) is 2. The van der Waals surface area contributed by atoms with Gasteiger partial charge in [0.25, 0.3) is 0 Å². The Labute approximate surface area is 118 Å². The van der Waals surface area contributed by atoms with Crippen molar-refractivity contribution in [3.05, 3.63) is 29.5 Å². The third-order valence-corrected chi connectivity index (χ3v) is 3.07. The highest BCUT2D eigenvalue weighted by Crippen LogP contribution is 2.24. The topological polar surface area (TPSA) is 84.7 Å². The quantitative estimate of drug-likeness (QED) is 0.795. The first-order valence-electron chi connectivity index (χ1n) is 6.66. The summed E-state index contributed by atoms with van der Waals surface area (Å²) in [6.45, 7) is 7.67. The fraction of sp³-hybridized carbons (Fsp3) is 0.467. The molecule has 1 atom stereocenters. The zero-order chi connectivity index (χ0) is 14.8. The highest BCUT2D eigenvalue weighted by Gasteiger charge is 2.16. The smallest absolute Gasteiger partial charge is 0.0992 e. The van der Waals surface area contributed by atoms with Gasteiger partial charge in [-0.1, -0.05) is 20.8 Å². The maximum atomic E-state index is 10.3. The summed E-state index contributed by atoms with van der Waals surface area (Å²) >= 11 is 0. The summed E-state index contributed by atoms with van der Waals surface area (Å²) in [4.78, 5) is 0. The van der Waals surface area contributed by atoms with E-state index in [1.54, 1.807) is 18.3 Å². The van der Waals surface area contributed by atoms with Crippen molar-refractivity contribution in [3.8, 4) is 6.07 Å². The van der Waals surface area contributed by atoms with E-state index in [0.717, 1.165) is 23.0 Å². The first-order chi connectivity index (χ1) is 9.40. The van der Waals surface area contributed by atoms with E-state index in [1.165, 1.54) is 0 Å². The normalized spacial score (nSPS) is 13.3. The van der Waals surface area contributed by atoms with Crippen molar-refractivity contribution in [2.75, 3.05) is 13.1 Å². The van der Waals surface area contributed by atoms with Crippen LogP contribution in [-0.4, -0.2) is 28.4 Å². The third kappa shape index (κ3) is 3.35. The number of benzene rings is 1. The van der Waals surface area contributed by atoms with Gasteiger partial charge in [-0.05, 0) is 23.1 Å². The minimum absolute atomic E-state index is 0.166. The Morgan fingerprint density at radius 3 is 2.85 bits per heavy atom. The number of aliphatic hydroxyl groups is 1. The molecule has 20 heavy (non-hydrogen) atoms. The number of nitriles is 1. The van der Waals surface area contributed by atoms with Crippen LogP contribution in [0.4, 0.5) is 0 Å². The highest BCUT2D eigenvalue weighted by atomic mass is 16.3. The number of rotatable bonds is 4. The van der Waals surface area contributed by atoms with Crippen LogP contribution in [0.25, 0.3) is 10.9 Å². The average molecular weight is 272 g/mol. The van der Waals surface area contributed by atoms with Crippen LogP contribution in [0.1, 0.15) is 38.0 Å². The molecule has 0 aliphatic rings. The Hall–Kier alpha value is -1.90. The van der Waals surface area contributed by atoms with Gasteiger partial charge in [0.2, 0.25) is 0 Å². The van der Waals surface area contributed by atoms with E-state index < -0.39 is 6.10 Å². The monoisotopic (exact) mass is 272 g/mol. The molecule has 5 heteroatoms. The van der Waals surface area contributed by atoms with Crippen LogP contribution in [0.15, 0.2) is 18.3 Å². The molecule has 0 radical (unpaired) electrons. The van der Waals surface area contributed by atoms with E-state index in [4.69, 9.17) is 5.26 Å². The summed E-state index contributed by atoms with van der Waals surface area (Å²) < 4.78 is 0. The summed E-state index contributed by atoms with van der Waals surface area (Å²) in [5.41, 5.74) is 2.19. The Kier molecular flexibility index (Phi) is 4.07. The number of hydrogen-bond acceptors (Lipinski definition) is 4. The first kappa shape index (κ1) is 14.5. The number of nitrogens with zero attached hydrogens (tertiary/aromatic N) is 2. The van der Waals surface area contributed by atoms with Gasteiger partial charge in [-0.15, -0.1) is 0 Å². The molecule has 0 saturated carbocycles. The number of aliphatic hydroxyl groups excluding tert-OH is 1. The molecule has 0 aliphatic carbocycles. The average Bonchev–Trinajstić information content (AvgIpc) is 2.83. The highest BCUT2D eigenvalue weighted by molar-refractivity contribution is 5.83. The van der Waals surface area contributed by atoms with Crippen molar-refractivity contribution < 1.29 is 5.11 Å². The van der Waals surface area contributed by atoms with Crippen molar-refractivity contribution in [1.82, 2.24) is 15.5 Å². The first-order valence-corrected chi connectivity index (χ1v) is 6.66. The Morgan fingerprint density at radius 1 is 1.45 bits per heavy atom. The summed E-state index contributed by atoms with van der Waals surface area (Å²) in [5, 5.41) is 30.3. The second kappa shape index (κ2) is 5.61. The van der Waals surface area contributed by atoms with E-state index in [9.17, 15) is 5.11 Å². The standard InChI is InChI=1S/C15H20N4O/c1-15(2,3)9-17-8-14(20)11-4-10(6-16)5-13-12(11)7-18-19-13/h4-5,7,14,17,20H,8-9H2,1-3H3,(H,18,19)/t14-/m0/s1. The van der Waals surface area contributed by atoms with E-state index in [0.29, 0.717) is 12.1 Å². The molecule has 0 amide bonds. The van der Waals surface area contributed by atoms with Gasteiger partial charge in [0.15, 0.2) is 0 Å². The molecule has 0 fully saturated rings. The predicted octanol–water partition coefficient (Wildman–Crippen LogP) is 2.10. The summed E-state index contributed by atoms with van der Waals surface area (Å²) in [6, 6.07) is 5.57. The fourth-order valence-corrected chi connectivity index (χ4v) is 2.11. The lowest BCUT2D eigenvalue weighted by atomic mass is 9.96. The maximum absolute atomic E-state index is 10.3. The predicted molar refractivity (Wildman–Crippen MR) is 78.1 cm³/mol. The molecule has 0 aliphatic heterocycles. The van der Waals surface area contributed by atoms with Crippen molar-refractivity contribution in [3.63, 3.8) is 0 Å². The van der Waals surface area contributed by atoms with Crippen LogP contribution < -0.4 is 5.32 Å². The van der Waals surface area contributed by atoms with Crippen molar-refractivity contribution in [2.24, 2.45) is 5.41 Å². The van der Waals surface area contributed by atoms with E-state index in [1.807, 2.05) is 0 Å². The lowest BCUT2D eigenvalue weighted by molar-refractivity contribution is 0.171. The van der Waals surface area contributed by atoms with Gasteiger partial charge in [0, 0.05) is 18.5 Å². The molecule has 1 aromatic carbocycles. The molecule has 2 aromatic rings. The summed E-state index contributed by atoms with van der Waals surface area (Å²) in [6.07, 6.45) is 1.02. The van der Waals surface area contributed by atoms with E-state index >= 15 is 0 Å². The molecule has 1 aromatic heterocycles. The van der Waals surface area contributed by atoms with Crippen LogP contribution in [0.2, 0.25) is 0 Å². The number of aromatic amines is 1. The molecule has 0 saturated heterocycles. The molecule has 3 N–H and O–H groups in total. The summed E-state index contributed by atoms with van der Waals surface area (Å²) in [7, 11) is 0. The second-order valence-electron chi connectivity index (χ2n) is 6.22. The second-order valence-corrected chi connectivity index (χ2v) is 6.22. The molecule has 5 nitrogen and oxygen atoms in total. The van der Waals surface area contributed by atoms with Crippen molar-refractivity contribution in [1.29, 1.82) is 5.26 Å². The minimum Gasteiger partial charge on any atom is -0.387 e. The van der Waals surface area contributed by atoms with Gasteiger partial charge in [-0.3, -0.25) is 5.10 Å². The molecular weight excluding hydrogens is 252 g/mol. The van der Waals surface area contributed by atoms with Crippen molar-refractivity contribution in [2.45, 2.75) is 26.9 Å². The number of H-pyrrole nitrogens is 1. The lowest BCUT2D eigenvalue weighted by Crippen LogP contribution is -2.30. The van der Waals surface area contributed by atoms with Gasteiger partial charge >= 0.3 is 0 Å². The molecule has 0 spiro atoms. The SMILES string of the molecule is CC(C)(C)CNC[C@H](O)c1cc(C#N)cc2[nH]ncc12. The molecule has 2 rings (SSSR count). The lowest BCUT2D eigenvalue weighted by Gasteiger charge is -2.21. The Morgan fingerprint density at radius 2 is 2.20 bits per heavy atom. The fourth-order valence-electron chi connectivity index (χ4n) is 2.11. The number of hydrogen-bond donors (Lipinski definition) is 3. The van der Waals surface area contributed by atoms with E-state index in [2.05, 4.69) is 42.4 Å². The minimum atomic E-state index is -0.661. The van der Waals surface area contributed by atoms with Gasteiger partial charge in [-0.2, -0.15) is 10.4 Å². The maximum Gasteiger partial charge on any atom is 0.0992 e. The zero-order valence-electron chi connectivity index (χ0n) is 12.1. The largest absolute Gasteiger partial charge is 0.387 e. The summed E-state index contributed by atoms with van der Waals surface area (Å²) in [5.74, 6) is 0. The number of fused-ring (bicyclic) bond motifs is 1. The molecular formula is C15H20N4O. The molecule has 0 unspecified atom stereocenters. The third-order valence-electron chi connectivity index (χ3n) is 3.07. The Balaban J connectivity index is 2.19. The molecule has 0 bridgehead atoms. The van der Waals surface area contributed by atoms with Gasteiger partial charge < -0.3 is 10.4 Å². The van der Waals surface area contributed by atoms with E-state index in [-0.39, 0.29) is 5.41 Å². The van der Waals surface area contributed by atoms with Gasteiger partial charge in [0.05, 0.1) is 29.5 Å². The van der Waals surface area contributed by atoms with Gasteiger partial charge in [0.1, 0.15) is 0 Å². The van der Waals surface area contributed by atoms with Gasteiger partial charge in [-0.25, -0.2) is 0 Å². The Bertz CT molecular complexity index is 633. The van der Waals surface area contributed by atoms with Crippen LogP contribution in [0.3, 0.4) is 0 Å². The van der Waals surface area contributed by atoms with Crippen LogP contribution in [0.5, 0.6) is 0 Å². The zero-order valence-corrected chi connectivity index (χ0v) is 12.1. The van der Waals surface area contributed by atoms with Crippen LogP contribution in [0, 0.1) is 16.7 Å². The van der Waals surface area contributed by atoms with Crippen LogP contribution in [-0.2, 0) is 0 Å². The van der Waals surface area contributed by atoms with Crippen LogP contribution >= 0.6 is 0 Å². The molecule has 106 valence electrons. The van der Waals surface area contributed by atoms with Crippen molar-refractivity contribution >= 4 is 10.9 Å². The molecule has 1 heterocycles. The number of aromatic nitrogens is 2.